The Kier molecular flexibility index (Phi) is 4.79. The molecule has 0 saturated heterocycles. The maximum Gasteiger partial charge on any atom is 0.307 e. The van der Waals surface area contributed by atoms with Crippen LogP contribution in [0.25, 0.3) is 33.3 Å². The third kappa shape index (κ3) is 3.35. The van der Waals surface area contributed by atoms with E-state index in [0.717, 1.165) is 49.0 Å². The average molecular weight is 395 g/mol. The minimum Gasteiger partial charge on any atom is -0.332 e. The molecule has 29 heavy (non-hydrogen) atoms. The zero-order valence-electron chi connectivity index (χ0n) is 15.7. The van der Waals surface area contributed by atoms with Crippen LogP contribution in [0.1, 0.15) is 26.2 Å². The molecule has 0 fully saturated rings. The average Bonchev–Trinajstić information content (AvgIpc) is 3.06. The SMILES string of the molecule is CCCCCn1cc(-c2nc3cc(F)c([N+](=O)[O-])cc3[nH]c2=O)c2cccnc21. The molecule has 3 aromatic heterocycles. The number of aromatic nitrogens is 4. The number of aromatic amines is 1. The smallest absolute Gasteiger partial charge is 0.307 e. The number of aryl methyl sites for hydroxylation is 1. The highest BCUT2D eigenvalue weighted by Gasteiger charge is 2.19. The number of fused-ring (bicyclic) bond motifs is 2. The van der Waals surface area contributed by atoms with Crippen LogP contribution in [-0.2, 0) is 6.54 Å². The lowest BCUT2D eigenvalue weighted by atomic mass is 10.1. The first-order chi connectivity index (χ1) is 14.0. The van der Waals surface area contributed by atoms with Gasteiger partial charge in [-0.1, -0.05) is 19.8 Å². The van der Waals surface area contributed by atoms with E-state index in [4.69, 9.17) is 0 Å². The number of nitrogens with one attached hydrogen (secondary N) is 1. The van der Waals surface area contributed by atoms with E-state index >= 15 is 0 Å². The van der Waals surface area contributed by atoms with Crippen molar-refractivity contribution in [3.8, 4) is 11.3 Å². The van der Waals surface area contributed by atoms with E-state index in [1.807, 2.05) is 16.8 Å². The second-order valence-corrected chi connectivity index (χ2v) is 6.81. The summed E-state index contributed by atoms with van der Waals surface area (Å²) in [5.41, 5.74) is 0.490. The van der Waals surface area contributed by atoms with Gasteiger partial charge in [-0.25, -0.2) is 9.97 Å². The van der Waals surface area contributed by atoms with Crippen molar-refractivity contribution < 1.29 is 9.31 Å². The summed E-state index contributed by atoms with van der Waals surface area (Å²) in [5.74, 6) is -1.00. The lowest BCUT2D eigenvalue weighted by Gasteiger charge is -2.03. The van der Waals surface area contributed by atoms with E-state index in [1.165, 1.54) is 0 Å². The molecule has 0 saturated carbocycles. The van der Waals surface area contributed by atoms with Crippen molar-refractivity contribution in [1.82, 2.24) is 19.5 Å². The lowest BCUT2D eigenvalue weighted by Crippen LogP contribution is -2.12. The molecule has 9 heteroatoms. The third-order valence-electron chi connectivity index (χ3n) is 4.85. The highest BCUT2D eigenvalue weighted by Crippen LogP contribution is 2.29. The summed E-state index contributed by atoms with van der Waals surface area (Å²) in [6.45, 7) is 2.88. The summed E-state index contributed by atoms with van der Waals surface area (Å²) in [4.78, 5) is 34.1. The van der Waals surface area contributed by atoms with E-state index in [0.29, 0.717) is 5.56 Å². The van der Waals surface area contributed by atoms with Crippen molar-refractivity contribution in [2.75, 3.05) is 0 Å². The fraction of sp³-hybridized carbons (Fsp3) is 0.250. The molecule has 0 amide bonds. The van der Waals surface area contributed by atoms with Crippen molar-refractivity contribution in [1.29, 1.82) is 0 Å². The summed E-state index contributed by atoms with van der Waals surface area (Å²) in [7, 11) is 0. The maximum atomic E-state index is 14.0. The zero-order valence-corrected chi connectivity index (χ0v) is 15.7. The molecule has 0 aliphatic rings. The van der Waals surface area contributed by atoms with Crippen molar-refractivity contribution in [2.45, 2.75) is 32.7 Å². The molecular formula is C20H18FN5O3. The van der Waals surface area contributed by atoms with Gasteiger partial charge in [0.15, 0.2) is 0 Å². The number of nitrogens with zero attached hydrogens (tertiary/aromatic N) is 4. The summed E-state index contributed by atoms with van der Waals surface area (Å²) in [6.07, 6.45) is 6.66. The first kappa shape index (κ1) is 18.7. The van der Waals surface area contributed by atoms with Gasteiger partial charge < -0.3 is 9.55 Å². The van der Waals surface area contributed by atoms with E-state index < -0.39 is 22.0 Å². The number of pyridine rings is 1. The van der Waals surface area contributed by atoms with Gasteiger partial charge in [0.05, 0.1) is 16.0 Å². The number of rotatable bonds is 6. The Labute approximate surface area is 164 Å². The van der Waals surface area contributed by atoms with Crippen LogP contribution in [0.3, 0.4) is 0 Å². The summed E-state index contributed by atoms with van der Waals surface area (Å²) in [6, 6.07) is 5.58. The molecule has 8 nitrogen and oxygen atoms in total. The topological polar surface area (TPSA) is 107 Å². The van der Waals surface area contributed by atoms with E-state index in [-0.39, 0.29) is 16.7 Å². The third-order valence-corrected chi connectivity index (χ3v) is 4.85. The number of benzene rings is 1. The molecule has 0 aliphatic carbocycles. The molecule has 0 unspecified atom stereocenters. The Morgan fingerprint density at radius 1 is 1.31 bits per heavy atom. The van der Waals surface area contributed by atoms with Gasteiger partial charge in [-0.3, -0.25) is 14.9 Å². The quantitative estimate of drug-likeness (QED) is 0.299. The minimum absolute atomic E-state index is 0.108. The molecule has 148 valence electrons. The monoisotopic (exact) mass is 395 g/mol. The summed E-state index contributed by atoms with van der Waals surface area (Å²) >= 11 is 0. The molecule has 0 aliphatic heterocycles. The van der Waals surface area contributed by atoms with Crippen LogP contribution in [-0.4, -0.2) is 24.4 Å². The number of halogens is 1. The predicted octanol–water partition coefficient (Wildman–Crippen LogP) is 4.18. The van der Waals surface area contributed by atoms with E-state index in [9.17, 15) is 19.3 Å². The predicted molar refractivity (Wildman–Crippen MR) is 107 cm³/mol. The minimum atomic E-state index is -1.00. The van der Waals surface area contributed by atoms with E-state index in [2.05, 4.69) is 21.9 Å². The second-order valence-electron chi connectivity index (χ2n) is 6.81. The van der Waals surface area contributed by atoms with Gasteiger partial charge in [-0.2, -0.15) is 4.39 Å². The first-order valence-electron chi connectivity index (χ1n) is 9.31. The molecule has 1 aromatic carbocycles. The van der Waals surface area contributed by atoms with Gasteiger partial charge in [0.25, 0.3) is 5.56 Å². The van der Waals surface area contributed by atoms with Gasteiger partial charge in [-0.15, -0.1) is 0 Å². The molecule has 3 heterocycles. The van der Waals surface area contributed by atoms with Crippen LogP contribution in [0.5, 0.6) is 0 Å². The number of H-pyrrole nitrogens is 1. The van der Waals surface area contributed by atoms with Crippen LogP contribution >= 0.6 is 0 Å². The van der Waals surface area contributed by atoms with E-state index in [1.54, 1.807) is 12.3 Å². The Morgan fingerprint density at radius 2 is 2.14 bits per heavy atom. The van der Waals surface area contributed by atoms with Gasteiger partial charge in [0, 0.05) is 42.0 Å². The largest absolute Gasteiger partial charge is 0.332 e. The number of nitro groups is 1. The number of hydrogen-bond donors (Lipinski definition) is 1. The molecule has 0 bridgehead atoms. The lowest BCUT2D eigenvalue weighted by molar-refractivity contribution is -0.387. The Bertz CT molecular complexity index is 1290. The molecule has 1 N–H and O–H groups in total. The van der Waals surface area contributed by atoms with Crippen molar-refractivity contribution in [3.63, 3.8) is 0 Å². The number of hydrogen-bond acceptors (Lipinski definition) is 5. The van der Waals surface area contributed by atoms with Gasteiger partial charge in [-0.05, 0) is 18.6 Å². The highest BCUT2D eigenvalue weighted by atomic mass is 19.1. The normalized spacial score (nSPS) is 11.4. The highest BCUT2D eigenvalue weighted by molar-refractivity contribution is 5.94. The van der Waals surface area contributed by atoms with Crippen LogP contribution in [0, 0.1) is 15.9 Å². The Hall–Kier alpha value is -3.62. The fourth-order valence-corrected chi connectivity index (χ4v) is 3.43. The van der Waals surface area contributed by atoms with Gasteiger partial charge >= 0.3 is 5.69 Å². The van der Waals surface area contributed by atoms with Gasteiger partial charge in [0.2, 0.25) is 5.82 Å². The standard InChI is InChI=1S/C20H18FN5O3/c1-2-3-4-8-25-11-13(12-6-5-7-22-19(12)25)18-20(27)24-16-10-17(26(28)29)14(21)9-15(16)23-18/h5-7,9-11H,2-4,8H2,1H3,(H,24,27). The fourth-order valence-electron chi connectivity index (χ4n) is 3.43. The summed E-state index contributed by atoms with van der Waals surface area (Å²) < 4.78 is 16.0. The molecule has 4 aromatic rings. The Morgan fingerprint density at radius 3 is 2.90 bits per heavy atom. The zero-order chi connectivity index (χ0) is 20.5. The first-order valence-corrected chi connectivity index (χ1v) is 9.31. The molecule has 0 atom stereocenters. The number of unbranched alkanes of at least 4 members (excludes halogenated alkanes) is 2. The van der Waals surface area contributed by atoms with Gasteiger partial charge in [0.1, 0.15) is 11.3 Å². The van der Waals surface area contributed by atoms with Crippen molar-refractivity contribution in [3.05, 3.63) is 62.9 Å². The van der Waals surface area contributed by atoms with Crippen molar-refractivity contribution in [2.24, 2.45) is 0 Å². The molecule has 4 rings (SSSR count). The van der Waals surface area contributed by atoms with Crippen LogP contribution in [0.2, 0.25) is 0 Å². The maximum absolute atomic E-state index is 14.0. The van der Waals surface area contributed by atoms with Crippen LogP contribution < -0.4 is 5.56 Å². The van der Waals surface area contributed by atoms with Crippen LogP contribution in [0.4, 0.5) is 10.1 Å². The molecule has 0 spiro atoms. The molecule has 0 radical (unpaired) electrons. The summed E-state index contributed by atoms with van der Waals surface area (Å²) in [5, 5.41) is 11.7. The Balaban J connectivity index is 1.89. The second kappa shape index (κ2) is 7.42. The van der Waals surface area contributed by atoms with Crippen molar-refractivity contribution >= 4 is 27.8 Å². The molecular weight excluding hydrogens is 377 g/mol. The van der Waals surface area contributed by atoms with Crippen LogP contribution in [0.15, 0.2) is 41.5 Å². The number of nitro benzene ring substituents is 1.